The minimum Gasteiger partial charge on any atom is -0.368 e. The number of nitrogen functional groups attached to an aromatic ring is 1. The minimum atomic E-state index is 0.309. The smallest absolute Gasteiger partial charge is 0.221 e. The first-order chi connectivity index (χ1) is 9.24. The third-order valence-corrected chi connectivity index (χ3v) is 3.83. The highest BCUT2D eigenvalue weighted by molar-refractivity contribution is 7.13. The molecule has 94 valence electrons. The molecule has 0 radical (unpaired) electrons. The summed E-state index contributed by atoms with van der Waals surface area (Å²) in [4.78, 5) is 9.76. The topological polar surface area (TPSA) is 51.8 Å². The van der Waals surface area contributed by atoms with E-state index in [1.807, 2.05) is 35.7 Å². The van der Waals surface area contributed by atoms with Crippen molar-refractivity contribution in [3.05, 3.63) is 53.4 Å². The monoisotopic (exact) mass is 267 g/mol. The Balaban J connectivity index is 2.16. The fourth-order valence-corrected chi connectivity index (χ4v) is 2.70. The quantitative estimate of drug-likeness (QED) is 0.769. The summed E-state index contributed by atoms with van der Waals surface area (Å²) in [6, 6.07) is 14.2. The van der Waals surface area contributed by atoms with Crippen LogP contribution in [0.2, 0.25) is 0 Å². The Morgan fingerprint density at radius 1 is 1.00 bits per heavy atom. The summed E-state index contributed by atoms with van der Waals surface area (Å²) in [6.07, 6.45) is 0. The minimum absolute atomic E-state index is 0.309. The van der Waals surface area contributed by atoms with E-state index >= 15 is 0 Å². The molecule has 2 heterocycles. The van der Waals surface area contributed by atoms with Crippen molar-refractivity contribution in [2.24, 2.45) is 0 Å². The summed E-state index contributed by atoms with van der Waals surface area (Å²) in [5.74, 6) is 0.309. The van der Waals surface area contributed by atoms with Crippen molar-refractivity contribution in [3.8, 4) is 21.8 Å². The van der Waals surface area contributed by atoms with Gasteiger partial charge in [0.05, 0.1) is 16.3 Å². The zero-order valence-electron chi connectivity index (χ0n) is 10.5. The van der Waals surface area contributed by atoms with E-state index in [-0.39, 0.29) is 0 Å². The Morgan fingerprint density at radius 2 is 1.79 bits per heavy atom. The number of aryl methyl sites for hydroxylation is 1. The van der Waals surface area contributed by atoms with Crippen LogP contribution in [0.5, 0.6) is 0 Å². The Morgan fingerprint density at radius 3 is 2.53 bits per heavy atom. The molecule has 0 atom stereocenters. The molecule has 0 saturated carbocycles. The van der Waals surface area contributed by atoms with Crippen molar-refractivity contribution in [1.29, 1.82) is 0 Å². The van der Waals surface area contributed by atoms with Crippen LogP contribution < -0.4 is 5.73 Å². The average Bonchev–Trinajstić information content (AvgIpc) is 2.92. The van der Waals surface area contributed by atoms with Crippen LogP contribution in [0.15, 0.2) is 47.8 Å². The first-order valence-electron chi connectivity index (χ1n) is 5.98. The molecule has 0 spiro atoms. The number of hydrogen-bond donors (Lipinski definition) is 1. The van der Waals surface area contributed by atoms with Gasteiger partial charge in [-0.05, 0) is 30.0 Å². The summed E-state index contributed by atoms with van der Waals surface area (Å²) in [6.45, 7) is 2.07. The highest BCUT2D eigenvalue weighted by atomic mass is 32.1. The largest absolute Gasteiger partial charge is 0.368 e. The molecular weight excluding hydrogens is 254 g/mol. The number of rotatable bonds is 2. The van der Waals surface area contributed by atoms with Gasteiger partial charge >= 0.3 is 0 Å². The third-order valence-electron chi connectivity index (χ3n) is 2.94. The molecule has 0 saturated heterocycles. The second kappa shape index (κ2) is 4.82. The van der Waals surface area contributed by atoms with Crippen molar-refractivity contribution in [1.82, 2.24) is 9.97 Å². The van der Waals surface area contributed by atoms with Gasteiger partial charge in [0, 0.05) is 5.56 Å². The van der Waals surface area contributed by atoms with Crippen LogP contribution in [-0.4, -0.2) is 9.97 Å². The first-order valence-corrected chi connectivity index (χ1v) is 6.86. The molecule has 19 heavy (non-hydrogen) atoms. The molecule has 0 bridgehead atoms. The zero-order valence-corrected chi connectivity index (χ0v) is 11.3. The number of nitrogens with two attached hydrogens (primary N) is 1. The number of benzene rings is 1. The molecule has 2 aromatic heterocycles. The number of thiophene rings is 1. The number of anilines is 1. The van der Waals surface area contributed by atoms with Crippen LogP contribution in [0.3, 0.4) is 0 Å². The maximum atomic E-state index is 5.84. The maximum absolute atomic E-state index is 5.84. The lowest BCUT2D eigenvalue weighted by Gasteiger charge is -2.07. The molecular formula is C15H13N3S. The number of aromatic nitrogens is 2. The van der Waals surface area contributed by atoms with E-state index in [2.05, 4.69) is 29.0 Å². The maximum Gasteiger partial charge on any atom is 0.221 e. The van der Waals surface area contributed by atoms with E-state index < -0.39 is 0 Å². The van der Waals surface area contributed by atoms with E-state index in [4.69, 9.17) is 5.73 Å². The van der Waals surface area contributed by atoms with Gasteiger partial charge in [-0.1, -0.05) is 30.3 Å². The molecule has 4 heteroatoms. The molecule has 0 amide bonds. The van der Waals surface area contributed by atoms with Crippen molar-refractivity contribution in [3.63, 3.8) is 0 Å². The molecule has 2 N–H and O–H groups in total. The average molecular weight is 267 g/mol. The van der Waals surface area contributed by atoms with Gasteiger partial charge in [0.25, 0.3) is 0 Å². The Kier molecular flexibility index (Phi) is 3.01. The van der Waals surface area contributed by atoms with Crippen molar-refractivity contribution >= 4 is 17.3 Å². The second-order valence-electron chi connectivity index (χ2n) is 4.29. The van der Waals surface area contributed by atoms with Crippen molar-refractivity contribution < 1.29 is 0 Å². The highest BCUT2D eigenvalue weighted by Gasteiger charge is 2.08. The van der Waals surface area contributed by atoms with Gasteiger partial charge in [0.2, 0.25) is 5.95 Å². The molecule has 3 aromatic rings. The van der Waals surface area contributed by atoms with Gasteiger partial charge in [-0.3, -0.25) is 0 Å². The predicted octanol–water partition coefficient (Wildman–Crippen LogP) is 3.76. The standard InChI is InChI=1S/C15H13N3S/c1-10-5-2-3-6-11(10)12-9-13(18-15(16)17-12)14-7-4-8-19-14/h2-9H,1H3,(H2,16,17,18). The zero-order chi connectivity index (χ0) is 13.2. The van der Waals surface area contributed by atoms with Crippen molar-refractivity contribution in [2.75, 3.05) is 5.73 Å². The van der Waals surface area contributed by atoms with Crippen LogP contribution in [0.4, 0.5) is 5.95 Å². The normalized spacial score (nSPS) is 10.6. The van der Waals surface area contributed by atoms with E-state index in [0.29, 0.717) is 5.95 Å². The van der Waals surface area contributed by atoms with Gasteiger partial charge in [-0.15, -0.1) is 11.3 Å². The summed E-state index contributed by atoms with van der Waals surface area (Å²) in [5.41, 5.74) is 9.85. The highest BCUT2D eigenvalue weighted by Crippen LogP contribution is 2.28. The third kappa shape index (κ3) is 2.35. The van der Waals surface area contributed by atoms with E-state index in [1.54, 1.807) is 11.3 Å². The Hall–Kier alpha value is -2.20. The molecule has 0 aliphatic rings. The lowest BCUT2D eigenvalue weighted by molar-refractivity contribution is 1.19. The summed E-state index contributed by atoms with van der Waals surface area (Å²) in [5, 5.41) is 2.03. The van der Waals surface area contributed by atoms with E-state index in [0.717, 1.165) is 21.8 Å². The summed E-state index contributed by atoms with van der Waals surface area (Å²) in [7, 11) is 0. The van der Waals surface area contributed by atoms with Crippen molar-refractivity contribution in [2.45, 2.75) is 6.92 Å². The lowest BCUT2D eigenvalue weighted by Crippen LogP contribution is -1.98. The molecule has 3 nitrogen and oxygen atoms in total. The summed E-state index contributed by atoms with van der Waals surface area (Å²) >= 11 is 1.65. The molecule has 0 aliphatic heterocycles. The summed E-state index contributed by atoms with van der Waals surface area (Å²) < 4.78 is 0. The van der Waals surface area contributed by atoms with E-state index in [9.17, 15) is 0 Å². The molecule has 0 unspecified atom stereocenters. The molecule has 3 rings (SSSR count). The fraction of sp³-hybridized carbons (Fsp3) is 0.0667. The van der Waals surface area contributed by atoms with Crippen LogP contribution in [0.1, 0.15) is 5.56 Å². The second-order valence-corrected chi connectivity index (χ2v) is 5.24. The Labute approximate surface area is 115 Å². The first kappa shape index (κ1) is 11.9. The van der Waals surface area contributed by atoms with Crippen LogP contribution >= 0.6 is 11.3 Å². The number of hydrogen-bond acceptors (Lipinski definition) is 4. The molecule has 1 aromatic carbocycles. The predicted molar refractivity (Wildman–Crippen MR) is 79.9 cm³/mol. The van der Waals surface area contributed by atoms with Gasteiger partial charge in [0.15, 0.2) is 0 Å². The SMILES string of the molecule is Cc1ccccc1-c1cc(-c2cccs2)nc(N)n1. The number of nitrogens with zero attached hydrogens (tertiary/aromatic N) is 2. The van der Waals surface area contributed by atoms with Crippen LogP contribution in [0, 0.1) is 6.92 Å². The van der Waals surface area contributed by atoms with Gasteiger partial charge < -0.3 is 5.73 Å². The van der Waals surface area contributed by atoms with Crippen LogP contribution in [0.25, 0.3) is 21.8 Å². The van der Waals surface area contributed by atoms with Gasteiger partial charge in [-0.2, -0.15) is 0 Å². The van der Waals surface area contributed by atoms with Gasteiger partial charge in [0.1, 0.15) is 0 Å². The molecule has 0 fully saturated rings. The fourth-order valence-electron chi connectivity index (χ4n) is 2.01. The van der Waals surface area contributed by atoms with E-state index in [1.165, 1.54) is 5.56 Å². The molecule has 0 aliphatic carbocycles. The Bertz CT molecular complexity index is 705. The van der Waals surface area contributed by atoms with Crippen LogP contribution in [-0.2, 0) is 0 Å². The van der Waals surface area contributed by atoms with Gasteiger partial charge in [-0.25, -0.2) is 9.97 Å². The lowest BCUT2D eigenvalue weighted by atomic mass is 10.1.